The van der Waals surface area contributed by atoms with Crippen molar-refractivity contribution in [3.8, 4) is 5.75 Å². The molecule has 0 spiro atoms. The lowest BCUT2D eigenvalue weighted by Crippen LogP contribution is -2.06. The number of anilines is 1. The van der Waals surface area contributed by atoms with Crippen molar-refractivity contribution in [2.45, 2.75) is 19.6 Å². The van der Waals surface area contributed by atoms with Crippen LogP contribution in [0.5, 0.6) is 5.75 Å². The Kier molecular flexibility index (Phi) is 3.82. The molecule has 5 heteroatoms. The molecule has 96 valence electrons. The monoisotopic (exact) mass is 253 g/mol. The topological polar surface area (TPSA) is 34.4 Å². The SMILES string of the molecule is CC(Nc1ccc(OC(F)F)cc1)c1ccco1. The number of alkyl halides is 2. The number of ether oxygens (including phenoxy) is 1. The van der Waals surface area contributed by atoms with E-state index in [2.05, 4.69) is 10.1 Å². The second-order valence-electron chi connectivity index (χ2n) is 3.78. The van der Waals surface area contributed by atoms with Gasteiger partial charge in [0, 0.05) is 5.69 Å². The molecule has 0 saturated carbocycles. The van der Waals surface area contributed by atoms with Gasteiger partial charge in [0.1, 0.15) is 11.5 Å². The first-order valence-corrected chi connectivity index (χ1v) is 5.50. The van der Waals surface area contributed by atoms with Gasteiger partial charge < -0.3 is 14.5 Å². The second-order valence-corrected chi connectivity index (χ2v) is 3.78. The fourth-order valence-electron chi connectivity index (χ4n) is 1.59. The molecule has 0 fully saturated rings. The fourth-order valence-corrected chi connectivity index (χ4v) is 1.59. The molecule has 0 aliphatic carbocycles. The van der Waals surface area contributed by atoms with Crippen LogP contribution in [-0.2, 0) is 0 Å². The van der Waals surface area contributed by atoms with E-state index in [4.69, 9.17) is 4.42 Å². The Bertz CT molecular complexity index is 468. The Morgan fingerprint density at radius 3 is 2.44 bits per heavy atom. The Hall–Kier alpha value is -2.04. The van der Waals surface area contributed by atoms with E-state index in [1.165, 1.54) is 12.1 Å². The third kappa shape index (κ3) is 3.23. The van der Waals surface area contributed by atoms with Crippen molar-refractivity contribution in [1.29, 1.82) is 0 Å². The summed E-state index contributed by atoms with van der Waals surface area (Å²) in [6, 6.07) is 10.0. The standard InChI is InChI=1S/C13H13F2NO2/c1-9(12-3-2-8-17-12)16-10-4-6-11(7-5-10)18-13(14)15/h2-9,13,16H,1H3. The molecule has 1 atom stereocenters. The van der Waals surface area contributed by atoms with Gasteiger partial charge in [-0.25, -0.2) is 0 Å². The smallest absolute Gasteiger partial charge is 0.387 e. The van der Waals surface area contributed by atoms with E-state index in [-0.39, 0.29) is 11.8 Å². The maximum atomic E-state index is 12.0. The molecule has 0 aliphatic rings. The van der Waals surface area contributed by atoms with E-state index in [1.54, 1.807) is 18.4 Å². The van der Waals surface area contributed by atoms with Gasteiger partial charge in [0.25, 0.3) is 0 Å². The van der Waals surface area contributed by atoms with Crippen LogP contribution in [0, 0.1) is 0 Å². The normalized spacial score (nSPS) is 12.4. The Morgan fingerprint density at radius 1 is 1.17 bits per heavy atom. The van der Waals surface area contributed by atoms with Gasteiger partial charge >= 0.3 is 6.61 Å². The highest BCUT2D eigenvalue weighted by Gasteiger charge is 2.08. The molecule has 0 saturated heterocycles. The molecule has 1 unspecified atom stereocenters. The van der Waals surface area contributed by atoms with Crippen molar-refractivity contribution in [3.05, 3.63) is 48.4 Å². The van der Waals surface area contributed by atoms with Crippen LogP contribution in [-0.4, -0.2) is 6.61 Å². The van der Waals surface area contributed by atoms with Crippen LogP contribution in [0.25, 0.3) is 0 Å². The second kappa shape index (κ2) is 5.53. The van der Waals surface area contributed by atoms with Crippen molar-refractivity contribution < 1.29 is 17.9 Å². The minimum absolute atomic E-state index is 0.00173. The van der Waals surface area contributed by atoms with Gasteiger partial charge in [-0.05, 0) is 43.3 Å². The quantitative estimate of drug-likeness (QED) is 0.872. The minimum Gasteiger partial charge on any atom is -0.467 e. The summed E-state index contributed by atoms with van der Waals surface area (Å²) in [7, 11) is 0. The highest BCUT2D eigenvalue weighted by molar-refractivity contribution is 5.47. The maximum Gasteiger partial charge on any atom is 0.387 e. The van der Waals surface area contributed by atoms with Gasteiger partial charge in [0.15, 0.2) is 0 Å². The van der Waals surface area contributed by atoms with Gasteiger partial charge in [-0.2, -0.15) is 8.78 Å². The number of halogens is 2. The lowest BCUT2D eigenvalue weighted by molar-refractivity contribution is -0.0498. The third-order valence-electron chi connectivity index (χ3n) is 2.43. The lowest BCUT2D eigenvalue weighted by atomic mass is 10.2. The van der Waals surface area contributed by atoms with Gasteiger partial charge in [0.05, 0.1) is 12.3 Å². The molecule has 0 aliphatic heterocycles. The lowest BCUT2D eigenvalue weighted by Gasteiger charge is -2.13. The molecule has 1 aromatic carbocycles. The Balaban J connectivity index is 1.98. The molecular weight excluding hydrogens is 240 g/mol. The van der Waals surface area contributed by atoms with Crippen molar-refractivity contribution in [3.63, 3.8) is 0 Å². The molecule has 1 N–H and O–H groups in total. The van der Waals surface area contributed by atoms with Crippen LogP contribution in [0.2, 0.25) is 0 Å². The van der Waals surface area contributed by atoms with Crippen LogP contribution in [0.4, 0.5) is 14.5 Å². The number of hydrogen-bond acceptors (Lipinski definition) is 3. The van der Waals surface area contributed by atoms with Gasteiger partial charge in [-0.3, -0.25) is 0 Å². The van der Waals surface area contributed by atoms with Crippen molar-refractivity contribution >= 4 is 5.69 Å². The van der Waals surface area contributed by atoms with Crippen LogP contribution in [0.1, 0.15) is 18.7 Å². The summed E-state index contributed by atoms with van der Waals surface area (Å²) in [5, 5.41) is 3.19. The molecule has 0 bridgehead atoms. The van der Waals surface area contributed by atoms with Crippen LogP contribution >= 0.6 is 0 Å². The first kappa shape index (κ1) is 12.4. The molecule has 3 nitrogen and oxygen atoms in total. The summed E-state index contributed by atoms with van der Waals surface area (Å²) >= 11 is 0. The zero-order chi connectivity index (χ0) is 13.0. The van der Waals surface area contributed by atoms with Crippen LogP contribution in [0.15, 0.2) is 47.1 Å². The predicted molar refractivity (Wildman–Crippen MR) is 63.8 cm³/mol. The Labute approximate surface area is 103 Å². The fraction of sp³-hybridized carbons (Fsp3) is 0.231. The zero-order valence-electron chi connectivity index (χ0n) is 9.77. The van der Waals surface area contributed by atoms with E-state index in [0.29, 0.717) is 0 Å². The number of benzene rings is 1. The van der Waals surface area contributed by atoms with Crippen molar-refractivity contribution in [2.75, 3.05) is 5.32 Å². The van der Waals surface area contributed by atoms with Gasteiger partial charge in [0.2, 0.25) is 0 Å². The number of hydrogen-bond donors (Lipinski definition) is 1. The van der Waals surface area contributed by atoms with Gasteiger partial charge in [-0.1, -0.05) is 0 Å². The first-order valence-electron chi connectivity index (χ1n) is 5.50. The minimum atomic E-state index is -2.80. The summed E-state index contributed by atoms with van der Waals surface area (Å²) in [5.74, 6) is 0.948. The van der Waals surface area contributed by atoms with Crippen LogP contribution in [0.3, 0.4) is 0 Å². The average molecular weight is 253 g/mol. The van der Waals surface area contributed by atoms with E-state index in [1.807, 2.05) is 19.1 Å². The predicted octanol–water partition coefficient (Wildman–Crippen LogP) is 4.05. The molecular formula is C13H13F2NO2. The number of nitrogens with one attached hydrogen (secondary N) is 1. The summed E-state index contributed by atoms with van der Waals surface area (Å²) < 4.78 is 33.5. The maximum absolute atomic E-state index is 12.0. The third-order valence-corrected chi connectivity index (χ3v) is 2.43. The summed E-state index contributed by atoms with van der Waals surface area (Å²) in [6.45, 7) is -0.853. The van der Waals surface area contributed by atoms with E-state index < -0.39 is 6.61 Å². The molecule has 0 amide bonds. The van der Waals surface area contributed by atoms with E-state index in [0.717, 1.165) is 11.4 Å². The highest BCUT2D eigenvalue weighted by Crippen LogP contribution is 2.22. The summed E-state index contributed by atoms with van der Waals surface area (Å²) in [5.41, 5.74) is 0.806. The molecule has 0 radical (unpaired) electrons. The van der Waals surface area contributed by atoms with E-state index >= 15 is 0 Å². The first-order chi connectivity index (χ1) is 8.65. The number of rotatable bonds is 5. The average Bonchev–Trinajstić information content (AvgIpc) is 2.84. The van der Waals surface area contributed by atoms with E-state index in [9.17, 15) is 8.78 Å². The number of furan rings is 1. The molecule has 18 heavy (non-hydrogen) atoms. The molecule has 2 aromatic rings. The largest absolute Gasteiger partial charge is 0.467 e. The summed E-state index contributed by atoms with van der Waals surface area (Å²) in [4.78, 5) is 0. The van der Waals surface area contributed by atoms with Crippen LogP contribution < -0.4 is 10.1 Å². The van der Waals surface area contributed by atoms with Gasteiger partial charge in [-0.15, -0.1) is 0 Å². The summed E-state index contributed by atoms with van der Waals surface area (Å²) in [6.07, 6.45) is 1.60. The molecule has 1 heterocycles. The zero-order valence-corrected chi connectivity index (χ0v) is 9.77. The Morgan fingerprint density at radius 2 is 1.89 bits per heavy atom. The molecule has 1 aromatic heterocycles. The van der Waals surface area contributed by atoms with Crippen molar-refractivity contribution in [1.82, 2.24) is 0 Å². The highest BCUT2D eigenvalue weighted by atomic mass is 19.3. The van der Waals surface area contributed by atoms with Crippen molar-refractivity contribution in [2.24, 2.45) is 0 Å². The molecule has 2 rings (SSSR count).